The van der Waals surface area contributed by atoms with E-state index in [4.69, 9.17) is 13.8 Å². The van der Waals surface area contributed by atoms with Gasteiger partial charge in [0.15, 0.2) is 0 Å². The average molecular weight is 590 g/mol. The molecule has 2 aromatic carbocycles. The van der Waals surface area contributed by atoms with Crippen LogP contribution in [0.3, 0.4) is 0 Å². The molecule has 0 aliphatic carbocycles. The molecule has 0 fully saturated rings. The van der Waals surface area contributed by atoms with E-state index in [0.29, 0.717) is 24.7 Å². The van der Waals surface area contributed by atoms with Gasteiger partial charge in [-0.3, -0.25) is 4.89 Å². The van der Waals surface area contributed by atoms with Crippen molar-refractivity contribution in [2.45, 2.75) is 103 Å². The molecule has 0 aromatic heterocycles. The lowest BCUT2D eigenvalue weighted by Crippen LogP contribution is -2.12. The van der Waals surface area contributed by atoms with E-state index in [0.717, 1.165) is 24.3 Å². The van der Waals surface area contributed by atoms with Crippen LogP contribution in [0.1, 0.15) is 102 Å². The predicted molar refractivity (Wildman–Crippen MR) is 167 cm³/mol. The fraction of sp³-hybridized carbons (Fsp3) is 0.562. The highest BCUT2D eigenvalue weighted by molar-refractivity contribution is 8.02. The van der Waals surface area contributed by atoms with Crippen molar-refractivity contribution in [1.29, 1.82) is 0 Å². The van der Waals surface area contributed by atoms with Gasteiger partial charge in [-0.25, -0.2) is 4.57 Å². The summed E-state index contributed by atoms with van der Waals surface area (Å²) < 4.78 is 29.2. The molecular formula is C32H48NO5PS. The fourth-order valence-corrected chi connectivity index (χ4v) is 6.25. The van der Waals surface area contributed by atoms with Crippen LogP contribution in [0.2, 0.25) is 0 Å². The number of benzene rings is 2. The van der Waals surface area contributed by atoms with Crippen molar-refractivity contribution in [2.24, 2.45) is 0 Å². The number of nitrogens with zero attached hydrogens (tertiary/aromatic N) is 1. The van der Waals surface area contributed by atoms with E-state index in [1.54, 1.807) is 42.1 Å². The summed E-state index contributed by atoms with van der Waals surface area (Å²) in [6.07, 6.45) is 20.5. The Bertz CT molecular complexity index is 1050. The molecule has 0 amide bonds. The second kappa shape index (κ2) is 19.1. The normalized spacial score (nSPS) is 14.3. The van der Waals surface area contributed by atoms with Crippen LogP contribution in [0.15, 0.2) is 60.1 Å². The van der Waals surface area contributed by atoms with Crippen LogP contribution < -0.4 is 13.8 Å². The molecule has 2 aromatic rings. The maximum Gasteiger partial charge on any atom is 0.584 e. The Balaban J connectivity index is 1.26. The summed E-state index contributed by atoms with van der Waals surface area (Å²) in [7, 11) is -4.36. The SMILES string of the molecule is CCCCCCCCCCCCCCCCOc1cccc(OP(=O)(O)Oc2cccc(CN3C=CSC3)c2)c1. The molecule has 40 heavy (non-hydrogen) atoms. The lowest BCUT2D eigenvalue weighted by Gasteiger charge is -2.17. The molecule has 1 heterocycles. The lowest BCUT2D eigenvalue weighted by atomic mass is 10.0. The van der Waals surface area contributed by atoms with E-state index >= 15 is 0 Å². The number of hydrogen-bond donors (Lipinski definition) is 1. The quantitative estimate of drug-likeness (QED) is 0.108. The van der Waals surface area contributed by atoms with Crippen molar-refractivity contribution < 1.29 is 23.2 Å². The van der Waals surface area contributed by atoms with Crippen molar-refractivity contribution >= 4 is 19.6 Å². The third-order valence-electron chi connectivity index (χ3n) is 6.91. The molecule has 222 valence electrons. The molecule has 8 heteroatoms. The lowest BCUT2D eigenvalue weighted by molar-refractivity contribution is 0.287. The first kappa shape index (κ1) is 32.4. The topological polar surface area (TPSA) is 68.2 Å². The van der Waals surface area contributed by atoms with Crippen molar-refractivity contribution in [2.75, 3.05) is 12.5 Å². The van der Waals surface area contributed by atoms with Crippen LogP contribution in [-0.4, -0.2) is 22.3 Å². The summed E-state index contributed by atoms with van der Waals surface area (Å²) in [5.74, 6) is 2.04. The third kappa shape index (κ3) is 14.0. The van der Waals surface area contributed by atoms with E-state index < -0.39 is 7.82 Å². The molecule has 0 saturated carbocycles. The number of thioether (sulfide) groups is 1. The van der Waals surface area contributed by atoms with Crippen molar-refractivity contribution in [3.05, 3.63) is 65.7 Å². The number of ether oxygens (including phenoxy) is 1. The summed E-state index contributed by atoms with van der Waals surface area (Å²) in [5.41, 5.74) is 0.989. The number of hydrogen-bond acceptors (Lipinski definition) is 6. The molecule has 1 N–H and O–H groups in total. The van der Waals surface area contributed by atoms with Gasteiger partial charge in [-0.1, -0.05) is 109 Å². The monoisotopic (exact) mass is 589 g/mol. The van der Waals surface area contributed by atoms with Crippen molar-refractivity contribution in [1.82, 2.24) is 4.90 Å². The highest BCUT2D eigenvalue weighted by Gasteiger charge is 2.25. The van der Waals surface area contributed by atoms with Gasteiger partial charge in [-0.15, -0.1) is 11.8 Å². The molecule has 1 aliphatic rings. The third-order valence-corrected chi connectivity index (χ3v) is 8.58. The Morgan fingerprint density at radius 2 is 1.32 bits per heavy atom. The number of phosphoric ester groups is 1. The minimum atomic E-state index is -4.36. The Morgan fingerprint density at radius 1 is 0.775 bits per heavy atom. The Hall–Kier alpha value is -2.08. The fourth-order valence-electron chi connectivity index (χ4n) is 4.74. The van der Waals surface area contributed by atoms with Crippen molar-refractivity contribution in [3.63, 3.8) is 0 Å². The maximum atomic E-state index is 12.7. The first-order valence-corrected chi connectivity index (χ1v) is 17.6. The average Bonchev–Trinajstić information content (AvgIpc) is 3.44. The molecule has 0 bridgehead atoms. The smallest absolute Gasteiger partial charge is 0.493 e. The van der Waals surface area contributed by atoms with Crippen LogP contribution in [0.4, 0.5) is 0 Å². The van der Waals surface area contributed by atoms with Crippen molar-refractivity contribution in [3.8, 4) is 17.2 Å². The van der Waals surface area contributed by atoms with Gasteiger partial charge < -0.3 is 18.7 Å². The van der Waals surface area contributed by atoms with E-state index in [9.17, 15) is 9.46 Å². The highest BCUT2D eigenvalue weighted by atomic mass is 32.2. The van der Waals surface area contributed by atoms with Gasteiger partial charge >= 0.3 is 7.82 Å². The van der Waals surface area contributed by atoms with Crippen LogP contribution in [0.5, 0.6) is 17.2 Å². The Kier molecular flexibility index (Phi) is 15.5. The first-order chi connectivity index (χ1) is 19.5. The largest absolute Gasteiger partial charge is 0.584 e. The van der Waals surface area contributed by atoms with Gasteiger partial charge in [0.2, 0.25) is 0 Å². The summed E-state index contributed by atoms with van der Waals surface area (Å²) in [5, 5.41) is 2.05. The minimum absolute atomic E-state index is 0.236. The molecule has 0 saturated heterocycles. The van der Waals surface area contributed by atoms with Gasteiger partial charge in [0.25, 0.3) is 0 Å². The number of phosphoric acid groups is 1. The second-order valence-electron chi connectivity index (χ2n) is 10.5. The van der Waals surface area contributed by atoms with E-state index in [-0.39, 0.29) is 5.75 Å². The molecule has 1 unspecified atom stereocenters. The van der Waals surface area contributed by atoms with Crippen LogP contribution in [0, 0.1) is 0 Å². The molecule has 0 spiro atoms. The predicted octanol–water partition coefficient (Wildman–Crippen LogP) is 10.1. The van der Waals surface area contributed by atoms with E-state index in [1.165, 1.54) is 77.0 Å². The zero-order valence-corrected chi connectivity index (χ0v) is 25.9. The molecule has 6 nitrogen and oxygen atoms in total. The van der Waals surface area contributed by atoms with Gasteiger partial charge in [0.05, 0.1) is 12.5 Å². The standard InChI is InChI=1S/C32H48NO5PS/c1-2-3-4-5-6-7-8-9-10-11-12-13-14-15-23-36-30-19-17-21-32(26-30)38-39(34,35)37-31-20-16-18-29(25-31)27-33-22-24-40-28-33/h16-22,24-26H,2-15,23,27-28H2,1H3,(H,34,35). The molecule has 0 radical (unpaired) electrons. The molecule has 1 aliphatic heterocycles. The summed E-state index contributed by atoms with van der Waals surface area (Å²) >= 11 is 1.73. The number of rotatable bonds is 22. The van der Waals surface area contributed by atoms with Gasteiger partial charge in [-0.2, -0.15) is 0 Å². The molecular weight excluding hydrogens is 541 g/mol. The van der Waals surface area contributed by atoms with Gasteiger partial charge in [-0.05, 0) is 41.7 Å². The van der Waals surface area contributed by atoms with E-state index in [2.05, 4.69) is 11.8 Å². The van der Waals surface area contributed by atoms with Crippen LogP contribution >= 0.6 is 19.6 Å². The van der Waals surface area contributed by atoms with Crippen LogP contribution in [-0.2, 0) is 11.1 Å². The first-order valence-electron chi connectivity index (χ1n) is 15.1. The molecule has 1 atom stereocenters. The zero-order valence-electron chi connectivity index (χ0n) is 24.2. The summed E-state index contributed by atoms with van der Waals surface area (Å²) in [6.45, 7) is 3.59. The Morgan fingerprint density at radius 3 is 1.93 bits per heavy atom. The zero-order chi connectivity index (χ0) is 28.3. The Labute approximate surface area is 246 Å². The highest BCUT2D eigenvalue weighted by Crippen LogP contribution is 2.45. The van der Waals surface area contributed by atoms with Crippen LogP contribution in [0.25, 0.3) is 0 Å². The summed E-state index contributed by atoms with van der Waals surface area (Å²) in [6, 6.07) is 14.0. The molecule has 3 rings (SSSR count). The van der Waals surface area contributed by atoms with E-state index in [1.807, 2.05) is 29.8 Å². The van der Waals surface area contributed by atoms with Gasteiger partial charge in [0.1, 0.15) is 17.2 Å². The second-order valence-corrected chi connectivity index (χ2v) is 12.7. The minimum Gasteiger partial charge on any atom is -0.493 e. The maximum absolute atomic E-state index is 12.7. The number of unbranched alkanes of at least 4 members (excludes halogenated alkanes) is 13. The summed E-state index contributed by atoms with van der Waals surface area (Å²) in [4.78, 5) is 12.5. The van der Waals surface area contributed by atoms with Gasteiger partial charge in [0, 0.05) is 18.8 Å².